The monoisotopic (exact) mass is 740 g/mol. The van der Waals surface area contributed by atoms with E-state index < -0.39 is 5.41 Å². The van der Waals surface area contributed by atoms with Crippen LogP contribution in [0.15, 0.2) is 194 Å². The van der Waals surface area contributed by atoms with E-state index in [4.69, 9.17) is 19.7 Å². The molecule has 1 unspecified atom stereocenters. The lowest BCUT2D eigenvalue weighted by molar-refractivity contribution is 0.437. The Morgan fingerprint density at radius 1 is 0.379 bits per heavy atom. The summed E-state index contributed by atoms with van der Waals surface area (Å²) >= 11 is 0. The van der Waals surface area contributed by atoms with E-state index in [0.717, 1.165) is 55.8 Å². The second-order valence-corrected chi connectivity index (χ2v) is 14.6. The van der Waals surface area contributed by atoms with E-state index in [2.05, 4.69) is 133 Å². The van der Waals surface area contributed by atoms with Gasteiger partial charge in [0.1, 0.15) is 11.5 Å². The predicted octanol–water partition coefficient (Wildman–Crippen LogP) is 12.5. The third kappa shape index (κ3) is 5.13. The molecule has 0 saturated carbocycles. The average molecular weight is 741 g/mol. The first kappa shape index (κ1) is 33.4. The standard InChI is InChI=1S/C53H32N4O/c54-33-34-25-27-37(28-26-34)40-18-11-22-45-48(40)41-17-7-8-20-43(41)53(45)44-21-9-10-24-47(44)58-49-42(19-12-23-46(49)53)52-56-50(38-15-5-2-6-16-38)55-51(57-52)39-31-29-36(30-32-39)35-13-3-1-4-14-35/h1-32H. The lowest BCUT2D eigenvalue weighted by atomic mass is 9.65. The fourth-order valence-electron chi connectivity index (χ4n) is 8.90. The number of para-hydroxylation sites is 2. The molecule has 2 aliphatic rings. The maximum atomic E-state index is 9.56. The number of hydrogen-bond donors (Lipinski definition) is 0. The van der Waals surface area contributed by atoms with Crippen LogP contribution < -0.4 is 4.74 Å². The Morgan fingerprint density at radius 3 is 1.60 bits per heavy atom. The maximum absolute atomic E-state index is 9.56. The molecule has 1 spiro atoms. The van der Waals surface area contributed by atoms with Crippen LogP contribution in [-0.2, 0) is 5.41 Å². The highest BCUT2D eigenvalue weighted by Crippen LogP contribution is 2.64. The van der Waals surface area contributed by atoms with Gasteiger partial charge in [-0.25, -0.2) is 15.0 Å². The van der Waals surface area contributed by atoms with Gasteiger partial charge in [0.25, 0.3) is 0 Å². The molecule has 2 heterocycles. The van der Waals surface area contributed by atoms with Gasteiger partial charge in [0.15, 0.2) is 17.5 Å². The lowest BCUT2D eigenvalue weighted by Gasteiger charge is -2.40. The summed E-state index contributed by atoms with van der Waals surface area (Å²) in [5.74, 6) is 3.18. The van der Waals surface area contributed by atoms with Gasteiger partial charge in [-0.15, -0.1) is 0 Å². The number of ether oxygens (including phenoxy) is 1. The smallest absolute Gasteiger partial charge is 0.167 e. The normalized spacial score (nSPS) is 14.4. The molecule has 1 aliphatic heterocycles. The minimum atomic E-state index is -0.708. The van der Waals surface area contributed by atoms with Crippen LogP contribution in [0.25, 0.3) is 67.5 Å². The number of nitriles is 1. The molecule has 1 aliphatic carbocycles. The quantitative estimate of drug-likeness (QED) is 0.176. The molecule has 0 saturated heterocycles. The van der Waals surface area contributed by atoms with Crippen LogP contribution in [0.3, 0.4) is 0 Å². The Hall–Kier alpha value is -7.94. The average Bonchev–Trinajstić information content (AvgIpc) is 3.60. The zero-order valence-corrected chi connectivity index (χ0v) is 31.2. The Balaban J connectivity index is 1.15. The molecule has 8 aromatic carbocycles. The van der Waals surface area contributed by atoms with Gasteiger partial charge < -0.3 is 4.74 Å². The van der Waals surface area contributed by atoms with Gasteiger partial charge in [-0.05, 0) is 68.8 Å². The Kier molecular flexibility index (Phi) is 7.70. The second-order valence-electron chi connectivity index (χ2n) is 14.6. The van der Waals surface area contributed by atoms with E-state index >= 15 is 0 Å². The van der Waals surface area contributed by atoms with Gasteiger partial charge in [-0.1, -0.05) is 170 Å². The molecule has 270 valence electrons. The summed E-state index contributed by atoms with van der Waals surface area (Å²) in [5, 5.41) is 9.56. The minimum absolute atomic E-state index is 0.528. The fourth-order valence-corrected chi connectivity index (χ4v) is 8.90. The molecule has 0 bridgehead atoms. The van der Waals surface area contributed by atoms with Crippen molar-refractivity contribution in [2.75, 3.05) is 0 Å². The lowest BCUT2D eigenvalue weighted by Crippen LogP contribution is -2.32. The predicted molar refractivity (Wildman–Crippen MR) is 229 cm³/mol. The highest BCUT2D eigenvalue weighted by molar-refractivity contribution is 5.97. The van der Waals surface area contributed by atoms with E-state index in [0.29, 0.717) is 28.8 Å². The van der Waals surface area contributed by atoms with Crippen molar-refractivity contribution in [2.45, 2.75) is 5.41 Å². The number of benzene rings is 8. The van der Waals surface area contributed by atoms with Crippen LogP contribution in [0.4, 0.5) is 0 Å². The van der Waals surface area contributed by atoms with Crippen LogP contribution in [-0.4, -0.2) is 15.0 Å². The van der Waals surface area contributed by atoms with Gasteiger partial charge in [-0.2, -0.15) is 5.26 Å². The first-order chi connectivity index (χ1) is 28.7. The molecule has 5 nitrogen and oxygen atoms in total. The van der Waals surface area contributed by atoms with E-state index in [-0.39, 0.29) is 0 Å². The largest absolute Gasteiger partial charge is 0.456 e. The van der Waals surface area contributed by atoms with Crippen molar-refractivity contribution in [3.05, 3.63) is 222 Å². The number of hydrogen-bond acceptors (Lipinski definition) is 5. The molecule has 58 heavy (non-hydrogen) atoms. The molecule has 0 amide bonds. The van der Waals surface area contributed by atoms with E-state index in [1.165, 1.54) is 22.3 Å². The van der Waals surface area contributed by atoms with E-state index in [1.54, 1.807) is 0 Å². The van der Waals surface area contributed by atoms with Crippen LogP contribution >= 0.6 is 0 Å². The maximum Gasteiger partial charge on any atom is 0.167 e. The molecular weight excluding hydrogens is 709 g/mol. The molecule has 5 heteroatoms. The van der Waals surface area contributed by atoms with Crippen molar-refractivity contribution < 1.29 is 4.74 Å². The highest BCUT2D eigenvalue weighted by Gasteiger charge is 2.52. The van der Waals surface area contributed by atoms with E-state index in [9.17, 15) is 5.26 Å². The number of nitrogens with zero attached hydrogens (tertiary/aromatic N) is 4. The van der Waals surface area contributed by atoms with Crippen molar-refractivity contribution in [1.82, 2.24) is 15.0 Å². The molecule has 0 radical (unpaired) electrons. The van der Waals surface area contributed by atoms with Crippen molar-refractivity contribution in [3.8, 4) is 85.1 Å². The number of rotatable bonds is 5. The van der Waals surface area contributed by atoms with Crippen LogP contribution in [0.1, 0.15) is 27.8 Å². The third-order valence-electron chi connectivity index (χ3n) is 11.5. The molecule has 0 fully saturated rings. The van der Waals surface area contributed by atoms with Crippen molar-refractivity contribution in [2.24, 2.45) is 0 Å². The summed E-state index contributed by atoms with van der Waals surface area (Å²) in [6, 6.07) is 69.0. The Labute approximate surface area is 336 Å². The summed E-state index contributed by atoms with van der Waals surface area (Å²) in [6.07, 6.45) is 0. The highest BCUT2D eigenvalue weighted by atomic mass is 16.5. The van der Waals surface area contributed by atoms with Gasteiger partial charge in [0.2, 0.25) is 0 Å². The van der Waals surface area contributed by atoms with Gasteiger partial charge in [0.05, 0.1) is 22.6 Å². The summed E-state index contributed by atoms with van der Waals surface area (Å²) in [6.45, 7) is 0. The molecule has 11 rings (SSSR count). The van der Waals surface area contributed by atoms with Crippen LogP contribution in [0.5, 0.6) is 11.5 Å². The zero-order chi connectivity index (χ0) is 38.6. The van der Waals surface area contributed by atoms with Crippen molar-refractivity contribution in [3.63, 3.8) is 0 Å². The number of aromatic nitrogens is 3. The second kappa shape index (κ2) is 13.4. The summed E-state index contributed by atoms with van der Waals surface area (Å²) in [7, 11) is 0. The molecular formula is C53H32N4O. The first-order valence-corrected chi connectivity index (χ1v) is 19.3. The zero-order valence-electron chi connectivity index (χ0n) is 31.2. The van der Waals surface area contributed by atoms with Gasteiger partial charge in [0, 0.05) is 22.3 Å². The number of fused-ring (bicyclic) bond motifs is 9. The molecule has 0 N–H and O–H groups in total. The Morgan fingerprint density at radius 2 is 0.879 bits per heavy atom. The summed E-state index contributed by atoms with van der Waals surface area (Å²) in [4.78, 5) is 15.4. The van der Waals surface area contributed by atoms with Gasteiger partial charge in [-0.3, -0.25) is 0 Å². The Bertz CT molecular complexity index is 3080. The van der Waals surface area contributed by atoms with Gasteiger partial charge >= 0.3 is 0 Å². The van der Waals surface area contributed by atoms with Crippen molar-refractivity contribution >= 4 is 0 Å². The molecule has 1 aromatic heterocycles. The van der Waals surface area contributed by atoms with Crippen molar-refractivity contribution in [1.29, 1.82) is 5.26 Å². The van der Waals surface area contributed by atoms with E-state index in [1.807, 2.05) is 66.7 Å². The first-order valence-electron chi connectivity index (χ1n) is 19.3. The van der Waals surface area contributed by atoms with Crippen LogP contribution in [0.2, 0.25) is 0 Å². The summed E-state index contributed by atoms with van der Waals surface area (Å²) < 4.78 is 7.05. The SMILES string of the molecule is N#Cc1ccc(-c2cccc3c2-c2ccccc2C32c3ccccc3Oc3c(-c4nc(-c5ccccc5)nc(-c5ccc(-c6ccccc6)cc5)n4)cccc32)cc1. The molecule has 1 atom stereocenters. The topological polar surface area (TPSA) is 71.7 Å². The summed E-state index contributed by atoms with van der Waals surface area (Å²) in [5.41, 5.74) is 13.7. The van der Waals surface area contributed by atoms with Crippen LogP contribution in [0, 0.1) is 11.3 Å². The third-order valence-corrected chi connectivity index (χ3v) is 11.5. The minimum Gasteiger partial charge on any atom is -0.456 e. The molecule has 9 aromatic rings. The fraction of sp³-hybridized carbons (Fsp3) is 0.0189.